The quantitative estimate of drug-likeness (QED) is 0.855. The molecule has 1 aromatic carbocycles. The van der Waals surface area contributed by atoms with Gasteiger partial charge in [-0.25, -0.2) is 0 Å². The lowest BCUT2D eigenvalue weighted by atomic mass is 9.97. The van der Waals surface area contributed by atoms with Gasteiger partial charge in [0.15, 0.2) is 18.1 Å². The van der Waals surface area contributed by atoms with E-state index in [9.17, 15) is 15.0 Å². The fourth-order valence-corrected chi connectivity index (χ4v) is 2.17. The zero-order valence-electron chi connectivity index (χ0n) is 11.0. The Labute approximate surface area is 112 Å². The van der Waals surface area contributed by atoms with E-state index in [0.29, 0.717) is 25.3 Å². The molecule has 1 heterocycles. The minimum atomic E-state index is -0.330. The van der Waals surface area contributed by atoms with Gasteiger partial charge in [0, 0.05) is 13.1 Å². The lowest BCUT2D eigenvalue weighted by Gasteiger charge is -2.34. The molecule has 1 saturated heterocycles. The molecule has 2 unspecified atom stereocenters. The number of carbonyl (C=O) groups excluding carboxylic acids is 1. The van der Waals surface area contributed by atoms with E-state index in [2.05, 4.69) is 0 Å². The number of carbonyl (C=O) groups is 1. The number of phenols is 1. The molecule has 104 valence electrons. The summed E-state index contributed by atoms with van der Waals surface area (Å²) in [5.74, 6) is 0.295. The number of phenolic OH excluding ortho intramolecular Hbond substituents is 1. The molecule has 5 nitrogen and oxygen atoms in total. The number of aliphatic hydroxyl groups excluding tert-OH is 1. The van der Waals surface area contributed by atoms with Gasteiger partial charge < -0.3 is 19.8 Å². The monoisotopic (exact) mass is 265 g/mol. The van der Waals surface area contributed by atoms with Crippen molar-refractivity contribution < 1.29 is 19.7 Å². The van der Waals surface area contributed by atoms with Crippen molar-refractivity contribution in [3.05, 3.63) is 24.3 Å². The standard InChI is InChI=1S/C14H19NO4/c1-10-8-15(7-6-11(10)16)14(18)9-19-13-5-3-2-4-12(13)17/h2-5,10-11,16-17H,6-9H2,1H3. The Morgan fingerprint density at radius 1 is 1.47 bits per heavy atom. The first-order valence-electron chi connectivity index (χ1n) is 6.44. The number of piperidine rings is 1. The number of benzene rings is 1. The average molecular weight is 265 g/mol. The van der Waals surface area contributed by atoms with Gasteiger partial charge in [-0.3, -0.25) is 4.79 Å². The minimum absolute atomic E-state index is 0.0257. The van der Waals surface area contributed by atoms with Gasteiger partial charge >= 0.3 is 0 Å². The summed E-state index contributed by atoms with van der Waals surface area (Å²) >= 11 is 0. The number of nitrogens with zero attached hydrogens (tertiary/aromatic N) is 1. The summed E-state index contributed by atoms with van der Waals surface area (Å²) < 4.78 is 5.31. The summed E-state index contributed by atoms with van der Waals surface area (Å²) in [4.78, 5) is 13.7. The van der Waals surface area contributed by atoms with E-state index in [1.165, 1.54) is 6.07 Å². The van der Waals surface area contributed by atoms with Crippen LogP contribution >= 0.6 is 0 Å². The summed E-state index contributed by atoms with van der Waals surface area (Å²) in [6.45, 7) is 2.92. The van der Waals surface area contributed by atoms with Crippen LogP contribution in [0.3, 0.4) is 0 Å². The molecule has 1 aromatic rings. The Morgan fingerprint density at radius 2 is 2.21 bits per heavy atom. The van der Waals surface area contributed by atoms with Gasteiger partial charge in [-0.05, 0) is 24.5 Å². The molecule has 0 aliphatic carbocycles. The van der Waals surface area contributed by atoms with Crippen LogP contribution in [0.1, 0.15) is 13.3 Å². The molecule has 0 spiro atoms. The number of ether oxygens (including phenoxy) is 1. The van der Waals surface area contributed by atoms with Crippen LogP contribution in [-0.2, 0) is 4.79 Å². The second-order valence-corrected chi connectivity index (χ2v) is 4.93. The molecule has 1 fully saturated rings. The van der Waals surface area contributed by atoms with E-state index in [4.69, 9.17) is 4.74 Å². The Balaban J connectivity index is 1.87. The third-order valence-corrected chi connectivity index (χ3v) is 3.43. The predicted molar refractivity (Wildman–Crippen MR) is 70.0 cm³/mol. The Bertz CT molecular complexity index is 449. The second-order valence-electron chi connectivity index (χ2n) is 4.93. The zero-order chi connectivity index (χ0) is 13.8. The molecule has 0 aromatic heterocycles. The molecule has 0 saturated carbocycles. The molecular weight excluding hydrogens is 246 g/mol. The van der Waals surface area contributed by atoms with E-state index in [1.807, 2.05) is 6.92 Å². The number of likely N-dealkylation sites (tertiary alicyclic amines) is 1. The highest BCUT2D eigenvalue weighted by atomic mass is 16.5. The number of rotatable bonds is 3. The number of aromatic hydroxyl groups is 1. The zero-order valence-corrected chi connectivity index (χ0v) is 11.0. The first kappa shape index (κ1) is 13.7. The van der Waals surface area contributed by atoms with Gasteiger partial charge in [0.2, 0.25) is 0 Å². The van der Waals surface area contributed by atoms with Crippen LogP contribution in [0.15, 0.2) is 24.3 Å². The van der Waals surface area contributed by atoms with E-state index in [0.717, 1.165) is 0 Å². The first-order chi connectivity index (χ1) is 9.08. The van der Waals surface area contributed by atoms with Crippen molar-refractivity contribution in [2.24, 2.45) is 5.92 Å². The molecule has 0 bridgehead atoms. The van der Waals surface area contributed by atoms with E-state index >= 15 is 0 Å². The topological polar surface area (TPSA) is 70.0 Å². The number of hydrogen-bond donors (Lipinski definition) is 2. The molecule has 1 aliphatic rings. The summed E-state index contributed by atoms with van der Waals surface area (Å²) in [6, 6.07) is 6.56. The highest BCUT2D eigenvalue weighted by molar-refractivity contribution is 5.78. The van der Waals surface area contributed by atoms with Crippen LogP contribution < -0.4 is 4.74 Å². The largest absolute Gasteiger partial charge is 0.504 e. The Hall–Kier alpha value is -1.75. The van der Waals surface area contributed by atoms with Gasteiger partial charge in [-0.1, -0.05) is 19.1 Å². The highest BCUT2D eigenvalue weighted by Crippen LogP contribution is 2.24. The third kappa shape index (κ3) is 3.38. The fourth-order valence-electron chi connectivity index (χ4n) is 2.17. The van der Waals surface area contributed by atoms with Gasteiger partial charge in [0.05, 0.1) is 6.10 Å². The summed E-state index contributed by atoms with van der Waals surface area (Å²) in [7, 11) is 0. The van der Waals surface area contributed by atoms with Crippen LogP contribution in [0.2, 0.25) is 0 Å². The third-order valence-electron chi connectivity index (χ3n) is 3.43. The average Bonchev–Trinajstić information content (AvgIpc) is 2.40. The molecule has 19 heavy (non-hydrogen) atoms. The summed E-state index contributed by atoms with van der Waals surface area (Å²) in [5, 5.41) is 19.1. The van der Waals surface area contributed by atoms with Crippen LogP contribution in [-0.4, -0.2) is 46.8 Å². The van der Waals surface area contributed by atoms with E-state index in [-0.39, 0.29) is 30.3 Å². The maximum absolute atomic E-state index is 12.0. The first-order valence-corrected chi connectivity index (χ1v) is 6.44. The van der Waals surface area contributed by atoms with Gasteiger partial charge in [0.1, 0.15) is 0 Å². The van der Waals surface area contributed by atoms with Crippen molar-refractivity contribution in [3.8, 4) is 11.5 Å². The van der Waals surface area contributed by atoms with E-state index in [1.54, 1.807) is 23.1 Å². The molecule has 0 radical (unpaired) electrons. The molecule has 5 heteroatoms. The summed E-state index contributed by atoms with van der Waals surface area (Å²) in [6.07, 6.45) is 0.270. The number of aliphatic hydroxyl groups is 1. The maximum atomic E-state index is 12.0. The molecule has 2 atom stereocenters. The maximum Gasteiger partial charge on any atom is 0.260 e. The van der Waals surface area contributed by atoms with Gasteiger partial charge in [-0.2, -0.15) is 0 Å². The van der Waals surface area contributed by atoms with Crippen LogP contribution in [0.5, 0.6) is 11.5 Å². The van der Waals surface area contributed by atoms with Crippen molar-refractivity contribution in [2.45, 2.75) is 19.4 Å². The van der Waals surface area contributed by atoms with Gasteiger partial charge in [0.25, 0.3) is 5.91 Å². The van der Waals surface area contributed by atoms with Crippen molar-refractivity contribution >= 4 is 5.91 Å². The lowest BCUT2D eigenvalue weighted by Crippen LogP contribution is -2.46. The van der Waals surface area contributed by atoms with Crippen molar-refractivity contribution in [1.29, 1.82) is 0 Å². The number of para-hydroxylation sites is 2. The highest BCUT2D eigenvalue weighted by Gasteiger charge is 2.27. The lowest BCUT2D eigenvalue weighted by molar-refractivity contribution is -0.136. The van der Waals surface area contributed by atoms with Crippen LogP contribution in [0.25, 0.3) is 0 Å². The Morgan fingerprint density at radius 3 is 2.89 bits per heavy atom. The fraction of sp³-hybridized carbons (Fsp3) is 0.500. The second kappa shape index (κ2) is 5.93. The molecule has 1 aliphatic heterocycles. The molecular formula is C14H19NO4. The smallest absolute Gasteiger partial charge is 0.260 e. The Kier molecular flexibility index (Phi) is 4.27. The van der Waals surface area contributed by atoms with Crippen molar-refractivity contribution in [2.75, 3.05) is 19.7 Å². The number of hydrogen-bond acceptors (Lipinski definition) is 4. The molecule has 2 N–H and O–H groups in total. The van der Waals surface area contributed by atoms with E-state index < -0.39 is 0 Å². The molecule has 1 amide bonds. The number of amides is 1. The van der Waals surface area contributed by atoms with Gasteiger partial charge in [-0.15, -0.1) is 0 Å². The van der Waals surface area contributed by atoms with Crippen LogP contribution in [0, 0.1) is 5.92 Å². The predicted octanol–water partition coefficient (Wildman–Crippen LogP) is 1.00. The van der Waals surface area contributed by atoms with Crippen LogP contribution in [0.4, 0.5) is 0 Å². The van der Waals surface area contributed by atoms with Crippen molar-refractivity contribution in [3.63, 3.8) is 0 Å². The SMILES string of the molecule is CC1CN(C(=O)COc2ccccc2O)CCC1O. The minimum Gasteiger partial charge on any atom is -0.504 e. The van der Waals surface area contributed by atoms with Crippen molar-refractivity contribution in [1.82, 2.24) is 4.90 Å². The normalized spacial score (nSPS) is 23.2. The summed E-state index contributed by atoms with van der Waals surface area (Å²) in [5.41, 5.74) is 0. The molecule has 2 rings (SSSR count).